The maximum atomic E-state index is 12.2. The molecule has 3 rings (SSSR count). The highest BCUT2D eigenvalue weighted by atomic mass is 16.5. The molecule has 1 atom stereocenters. The SMILES string of the molecule is O=C(O[C@H](c1ccccc1)C1CNC1)c1ccccc1. The maximum Gasteiger partial charge on any atom is 0.338 e. The fourth-order valence-corrected chi connectivity index (χ4v) is 2.36. The van der Waals surface area contributed by atoms with E-state index in [9.17, 15) is 4.79 Å². The van der Waals surface area contributed by atoms with Crippen LogP contribution in [0.25, 0.3) is 0 Å². The molecule has 2 aromatic rings. The summed E-state index contributed by atoms with van der Waals surface area (Å²) in [5.74, 6) is 0.0939. The summed E-state index contributed by atoms with van der Waals surface area (Å²) in [5.41, 5.74) is 1.66. The topological polar surface area (TPSA) is 38.3 Å². The van der Waals surface area contributed by atoms with Crippen molar-refractivity contribution in [1.29, 1.82) is 0 Å². The highest BCUT2D eigenvalue weighted by Gasteiger charge is 2.31. The lowest BCUT2D eigenvalue weighted by Gasteiger charge is -2.34. The first-order valence-electron chi connectivity index (χ1n) is 6.86. The van der Waals surface area contributed by atoms with Crippen molar-refractivity contribution in [3.63, 3.8) is 0 Å². The van der Waals surface area contributed by atoms with Gasteiger partial charge in [-0.05, 0) is 17.7 Å². The van der Waals surface area contributed by atoms with Gasteiger partial charge in [-0.3, -0.25) is 0 Å². The van der Waals surface area contributed by atoms with Crippen LogP contribution in [0.15, 0.2) is 60.7 Å². The molecule has 0 bridgehead atoms. The molecule has 1 N–H and O–H groups in total. The second kappa shape index (κ2) is 5.88. The molecule has 1 fully saturated rings. The summed E-state index contributed by atoms with van der Waals surface area (Å²) in [6, 6.07) is 19.1. The fourth-order valence-electron chi connectivity index (χ4n) is 2.36. The van der Waals surface area contributed by atoms with Crippen molar-refractivity contribution < 1.29 is 9.53 Å². The van der Waals surface area contributed by atoms with Crippen LogP contribution >= 0.6 is 0 Å². The fraction of sp³-hybridized carbons (Fsp3) is 0.235. The Hall–Kier alpha value is -2.13. The third kappa shape index (κ3) is 2.73. The van der Waals surface area contributed by atoms with Gasteiger partial charge in [-0.1, -0.05) is 48.5 Å². The molecule has 3 heteroatoms. The van der Waals surface area contributed by atoms with Gasteiger partial charge in [-0.15, -0.1) is 0 Å². The monoisotopic (exact) mass is 267 g/mol. The summed E-state index contributed by atoms with van der Waals surface area (Å²) in [6.45, 7) is 1.78. The third-order valence-corrected chi connectivity index (χ3v) is 3.61. The van der Waals surface area contributed by atoms with Gasteiger partial charge >= 0.3 is 5.97 Å². The molecule has 2 aromatic carbocycles. The molecule has 0 spiro atoms. The molecular formula is C17H17NO2. The van der Waals surface area contributed by atoms with Crippen LogP contribution in [0.3, 0.4) is 0 Å². The minimum Gasteiger partial charge on any atom is -0.453 e. The Labute approximate surface area is 118 Å². The molecule has 0 aliphatic carbocycles. The predicted molar refractivity (Wildman–Crippen MR) is 77.4 cm³/mol. The minimum atomic E-state index is -0.258. The highest BCUT2D eigenvalue weighted by molar-refractivity contribution is 5.89. The summed E-state index contributed by atoms with van der Waals surface area (Å²) in [5, 5.41) is 3.23. The Bertz CT molecular complexity index is 564. The molecule has 0 amide bonds. The van der Waals surface area contributed by atoms with Crippen LogP contribution in [0, 0.1) is 5.92 Å². The van der Waals surface area contributed by atoms with Gasteiger partial charge in [0.15, 0.2) is 0 Å². The number of ether oxygens (including phenoxy) is 1. The van der Waals surface area contributed by atoms with Gasteiger partial charge in [-0.25, -0.2) is 4.79 Å². The summed E-state index contributed by atoms with van der Waals surface area (Å²) >= 11 is 0. The van der Waals surface area contributed by atoms with Crippen LogP contribution < -0.4 is 5.32 Å². The molecule has 20 heavy (non-hydrogen) atoms. The van der Waals surface area contributed by atoms with Gasteiger partial charge in [0.2, 0.25) is 0 Å². The average Bonchev–Trinajstić information content (AvgIpc) is 2.46. The van der Waals surface area contributed by atoms with E-state index in [1.165, 1.54) is 0 Å². The largest absolute Gasteiger partial charge is 0.453 e. The van der Waals surface area contributed by atoms with E-state index >= 15 is 0 Å². The quantitative estimate of drug-likeness (QED) is 0.866. The maximum absolute atomic E-state index is 12.2. The summed E-state index contributed by atoms with van der Waals surface area (Å²) < 4.78 is 5.75. The molecule has 102 valence electrons. The van der Waals surface area contributed by atoms with Gasteiger partial charge < -0.3 is 10.1 Å². The third-order valence-electron chi connectivity index (χ3n) is 3.61. The molecule has 1 aliphatic heterocycles. The van der Waals surface area contributed by atoms with Crippen LogP contribution in [0.2, 0.25) is 0 Å². The van der Waals surface area contributed by atoms with Gasteiger partial charge in [-0.2, -0.15) is 0 Å². The molecule has 0 unspecified atom stereocenters. The number of carbonyl (C=O) groups excluding carboxylic acids is 1. The number of esters is 1. The van der Waals surface area contributed by atoms with Crippen LogP contribution in [0.4, 0.5) is 0 Å². The summed E-state index contributed by atoms with van der Waals surface area (Å²) in [7, 11) is 0. The standard InChI is InChI=1S/C17H17NO2/c19-17(14-9-5-2-6-10-14)20-16(15-11-18-12-15)13-7-3-1-4-8-13/h1-10,15-16,18H,11-12H2/t16-/m1/s1. The normalized spacial score (nSPS) is 16.2. The molecule has 1 saturated heterocycles. The zero-order valence-electron chi connectivity index (χ0n) is 11.2. The van der Waals surface area contributed by atoms with Crippen LogP contribution in [0.5, 0.6) is 0 Å². The van der Waals surface area contributed by atoms with Crippen LogP contribution in [-0.4, -0.2) is 19.1 Å². The Morgan fingerprint density at radius 1 is 1.00 bits per heavy atom. The smallest absolute Gasteiger partial charge is 0.338 e. The lowest BCUT2D eigenvalue weighted by atomic mass is 9.91. The summed E-state index contributed by atoms with van der Waals surface area (Å²) in [6.07, 6.45) is -0.176. The predicted octanol–water partition coefficient (Wildman–Crippen LogP) is 2.80. The molecule has 0 radical (unpaired) electrons. The van der Waals surface area contributed by atoms with Crippen LogP contribution in [-0.2, 0) is 4.74 Å². The van der Waals surface area contributed by atoms with E-state index in [0.29, 0.717) is 11.5 Å². The number of benzene rings is 2. The average molecular weight is 267 g/mol. The van der Waals surface area contributed by atoms with E-state index in [0.717, 1.165) is 18.7 Å². The Morgan fingerprint density at radius 2 is 1.60 bits per heavy atom. The van der Waals surface area contributed by atoms with Crippen molar-refractivity contribution in [2.75, 3.05) is 13.1 Å². The second-order valence-corrected chi connectivity index (χ2v) is 5.02. The number of carbonyl (C=O) groups is 1. The van der Waals surface area contributed by atoms with Crippen molar-refractivity contribution in [1.82, 2.24) is 5.32 Å². The van der Waals surface area contributed by atoms with E-state index in [1.54, 1.807) is 12.1 Å². The molecule has 0 saturated carbocycles. The van der Waals surface area contributed by atoms with Gasteiger partial charge in [0.1, 0.15) is 6.10 Å². The molecule has 0 aromatic heterocycles. The molecule has 3 nitrogen and oxygen atoms in total. The first-order chi connectivity index (χ1) is 9.84. The van der Waals surface area contributed by atoms with Gasteiger partial charge in [0.25, 0.3) is 0 Å². The van der Waals surface area contributed by atoms with Crippen molar-refractivity contribution in [2.45, 2.75) is 6.10 Å². The van der Waals surface area contributed by atoms with E-state index < -0.39 is 0 Å². The summed E-state index contributed by atoms with van der Waals surface area (Å²) in [4.78, 5) is 12.2. The number of rotatable bonds is 4. The van der Waals surface area contributed by atoms with E-state index in [-0.39, 0.29) is 12.1 Å². The van der Waals surface area contributed by atoms with Gasteiger partial charge in [0.05, 0.1) is 5.56 Å². The molecular weight excluding hydrogens is 250 g/mol. The lowest BCUT2D eigenvalue weighted by molar-refractivity contribution is 0.00393. The minimum absolute atomic E-state index is 0.176. The van der Waals surface area contributed by atoms with Crippen molar-refractivity contribution in [3.05, 3.63) is 71.8 Å². The number of nitrogens with one attached hydrogen (secondary N) is 1. The first kappa shape index (κ1) is 12.9. The first-order valence-corrected chi connectivity index (χ1v) is 6.86. The molecule has 1 aliphatic rings. The number of hydrogen-bond donors (Lipinski definition) is 1. The Kier molecular flexibility index (Phi) is 3.79. The molecule has 1 heterocycles. The van der Waals surface area contributed by atoms with Crippen LogP contribution in [0.1, 0.15) is 22.0 Å². The van der Waals surface area contributed by atoms with E-state index in [2.05, 4.69) is 5.32 Å². The second-order valence-electron chi connectivity index (χ2n) is 5.02. The lowest BCUT2D eigenvalue weighted by Crippen LogP contribution is -2.46. The van der Waals surface area contributed by atoms with Crippen molar-refractivity contribution in [2.24, 2.45) is 5.92 Å². The Morgan fingerprint density at radius 3 is 2.15 bits per heavy atom. The Balaban J connectivity index is 1.79. The number of hydrogen-bond acceptors (Lipinski definition) is 3. The zero-order chi connectivity index (χ0) is 13.8. The van der Waals surface area contributed by atoms with Crippen molar-refractivity contribution in [3.8, 4) is 0 Å². The van der Waals surface area contributed by atoms with E-state index in [1.807, 2.05) is 48.5 Å². The highest BCUT2D eigenvalue weighted by Crippen LogP contribution is 2.29. The zero-order valence-corrected chi connectivity index (χ0v) is 11.2. The van der Waals surface area contributed by atoms with Gasteiger partial charge in [0, 0.05) is 19.0 Å². The van der Waals surface area contributed by atoms with E-state index in [4.69, 9.17) is 4.74 Å². The van der Waals surface area contributed by atoms with Crippen molar-refractivity contribution >= 4 is 5.97 Å².